The molecule has 0 spiro atoms. The molecule has 0 amide bonds. The zero-order chi connectivity index (χ0) is 12.1. The summed E-state index contributed by atoms with van der Waals surface area (Å²) in [6.45, 7) is 3.03. The van der Waals surface area contributed by atoms with Gasteiger partial charge in [-0.2, -0.15) is 0 Å². The van der Waals surface area contributed by atoms with Gasteiger partial charge in [-0.05, 0) is 39.4 Å². The van der Waals surface area contributed by atoms with Crippen molar-refractivity contribution in [2.45, 2.75) is 38.3 Å². The van der Waals surface area contributed by atoms with Crippen molar-refractivity contribution in [2.24, 2.45) is 0 Å². The van der Waals surface area contributed by atoms with Crippen LogP contribution in [0.2, 0.25) is 0 Å². The van der Waals surface area contributed by atoms with Crippen LogP contribution in [0.25, 0.3) is 0 Å². The van der Waals surface area contributed by atoms with Crippen LogP contribution in [-0.2, 0) is 6.54 Å². The Morgan fingerprint density at radius 1 is 1.59 bits per heavy atom. The zero-order valence-electron chi connectivity index (χ0n) is 10.4. The van der Waals surface area contributed by atoms with Crippen molar-refractivity contribution in [1.82, 2.24) is 15.2 Å². The lowest BCUT2D eigenvalue weighted by Gasteiger charge is -2.32. The summed E-state index contributed by atoms with van der Waals surface area (Å²) >= 11 is 1.23. The Balaban J connectivity index is 1.64. The molecule has 5 heteroatoms. The first-order valence-corrected chi connectivity index (χ1v) is 7.21. The minimum absolute atomic E-state index is 0.0359. The molecule has 2 heterocycles. The summed E-state index contributed by atoms with van der Waals surface area (Å²) in [4.78, 5) is 16.3. The third-order valence-electron chi connectivity index (χ3n) is 3.46. The second kappa shape index (κ2) is 6.33. The van der Waals surface area contributed by atoms with Gasteiger partial charge in [0.25, 0.3) is 0 Å². The molecule has 1 unspecified atom stereocenters. The Hall–Kier alpha value is -0.650. The van der Waals surface area contributed by atoms with Gasteiger partial charge in [0, 0.05) is 23.7 Å². The molecule has 1 saturated heterocycles. The molecule has 0 radical (unpaired) electrons. The number of nitrogens with one attached hydrogen (secondary N) is 2. The van der Waals surface area contributed by atoms with Crippen molar-refractivity contribution in [3.63, 3.8) is 0 Å². The summed E-state index contributed by atoms with van der Waals surface area (Å²) < 4.78 is 0. The Morgan fingerprint density at radius 3 is 3.18 bits per heavy atom. The van der Waals surface area contributed by atoms with Crippen LogP contribution in [0.3, 0.4) is 0 Å². The number of aromatic amines is 1. The van der Waals surface area contributed by atoms with Gasteiger partial charge in [-0.1, -0.05) is 17.8 Å². The van der Waals surface area contributed by atoms with E-state index < -0.39 is 0 Å². The van der Waals surface area contributed by atoms with E-state index in [2.05, 4.69) is 22.2 Å². The van der Waals surface area contributed by atoms with Crippen LogP contribution < -0.4 is 10.2 Å². The number of piperidine rings is 1. The quantitative estimate of drug-likeness (QED) is 0.782. The molecule has 0 saturated carbocycles. The van der Waals surface area contributed by atoms with E-state index in [4.69, 9.17) is 0 Å². The molecule has 17 heavy (non-hydrogen) atoms. The highest BCUT2D eigenvalue weighted by Crippen LogP contribution is 2.17. The van der Waals surface area contributed by atoms with E-state index in [1.165, 1.54) is 43.6 Å². The van der Waals surface area contributed by atoms with Gasteiger partial charge in [-0.3, -0.25) is 4.79 Å². The van der Waals surface area contributed by atoms with Crippen LogP contribution in [0.15, 0.2) is 10.2 Å². The highest BCUT2D eigenvalue weighted by atomic mass is 32.1. The van der Waals surface area contributed by atoms with Crippen LogP contribution in [-0.4, -0.2) is 36.1 Å². The molecule has 1 atom stereocenters. The van der Waals surface area contributed by atoms with Gasteiger partial charge in [-0.15, -0.1) is 0 Å². The van der Waals surface area contributed by atoms with E-state index in [0.29, 0.717) is 0 Å². The molecule has 1 aromatic heterocycles. The fourth-order valence-corrected chi connectivity index (χ4v) is 2.98. The topological polar surface area (TPSA) is 48.1 Å². The average molecular weight is 255 g/mol. The number of hydrogen-bond donors (Lipinski definition) is 2. The van der Waals surface area contributed by atoms with Crippen molar-refractivity contribution in [2.75, 3.05) is 20.1 Å². The van der Waals surface area contributed by atoms with E-state index in [0.717, 1.165) is 24.8 Å². The van der Waals surface area contributed by atoms with Gasteiger partial charge in [0.1, 0.15) is 0 Å². The number of hydrogen-bond acceptors (Lipinski definition) is 4. The average Bonchev–Trinajstić information content (AvgIpc) is 2.73. The van der Waals surface area contributed by atoms with Crippen LogP contribution in [0.5, 0.6) is 0 Å². The molecule has 0 aliphatic carbocycles. The molecule has 1 aliphatic heterocycles. The SMILES string of the molecule is CN1CCCCC1CCNCc1csc(=O)[nH]1. The van der Waals surface area contributed by atoms with E-state index in [1.54, 1.807) is 0 Å². The van der Waals surface area contributed by atoms with Crippen LogP contribution >= 0.6 is 11.3 Å². The van der Waals surface area contributed by atoms with Crippen molar-refractivity contribution < 1.29 is 0 Å². The fraction of sp³-hybridized carbons (Fsp3) is 0.750. The predicted molar refractivity (Wildman–Crippen MR) is 71.5 cm³/mol. The molecule has 0 bridgehead atoms. The van der Waals surface area contributed by atoms with Gasteiger partial charge < -0.3 is 15.2 Å². The standard InChI is InChI=1S/C12H21N3OS/c1-15-7-3-2-4-11(15)5-6-13-8-10-9-17-12(16)14-10/h9,11,13H,2-8H2,1H3,(H,14,16). The molecule has 96 valence electrons. The number of likely N-dealkylation sites (tertiary alicyclic amines) is 1. The van der Waals surface area contributed by atoms with Gasteiger partial charge in [0.15, 0.2) is 0 Å². The lowest BCUT2D eigenvalue weighted by Crippen LogP contribution is -2.38. The summed E-state index contributed by atoms with van der Waals surface area (Å²) in [5, 5.41) is 5.28. The molecule has 1 aromatic rings. The lowest BCUT2D eigenvalue weighted by atomic mass is 10.0. The second-order valence-electron chi connectivity index (χ2n) is 4.77. The van der Waals surface area contributed by atoms with Gasteiger partial charge in [0.05, 0.1) is 0 Å². The first kappa shape index (κ1) is 12.8. The van der Waals surface area contributed by atoms with E-state index in [1.807, 2.05) is 5.38 Å². The van der Waals surface area contributed by atoms with Gasteiger partial charge in [0.2, 0.25) is 0 Å². The summed E-state index contributed by atoms with van der Waals surface area (Å²) in [5.41, 5.74) is 0.997. The van der Waals surface area contributed by atoms with Gasteiger partial charge >= 0.3 is 4.87 Å². The fourth-order valence-electron chi connectivity index (χ4n) is 2.40. The Kier molecular flexibility index (Phi) is 4.76. The molecule has 2 rings (SSSR count). The largest absolute Gasteiger partial charge is 0.315 e. The van der Waals surface area contributed by atoms with Gasteiger partial charge in [-0.25, -0.2) is 0 Å². The molecule has 2 N–H and O–H groups in total. The highest BCUT2D eigenvalue weighted by Gasteiger charge is 2.17. The molecule has 0 aromatic carbocycles. The number of rotatable bonds is 5. The molecular formula is C12H21N3OS. The normalized spacial score (nSPS) is 21.8. The summed E-state index contributed by atoms with van der Waals surface area (Å²) in [6.07, 6.45) is 5.24. The second-order valence-corrected chi connectivity index (χ2v) is 5.61. The Morgan fingerprint density at radius 2 is 2.47 bits per heavy atom. The predicted octanol–water partition coefficient (Wildman–Crippen LogP) is 1.40. The maximum absolute atomic E-state index is 10.9. The first-order valence-electron chi connectivity index (χ1n) is 6.33. The van der Waals surface area contributed by atoms with Crippen molar-refractivity contribution in [3.05, 3.63) is 20.7 Å². The van der Waals surface area contributed by atoms with Crippen molar-refractivity contribution in [1.29, 1.82) is 0 Å². The highest BCUT2D eigenvalue weighted by molar-refractivity contribution is 7.07. The molecule has 4 nitrogen and oxygen atoms in total. The van der Waals surface area contributed by atoms with Crippen LogP contribution in [0, 0.1) is 0 Å². The van der Waals surface area contributed by atoms with E-state index in [-0.39, 0.29) is 4.87 Å². The Labute approximate surface area is 106 Å². The number of thiazole rings is 1. The third kappa shape index (κ3) is 3.94. The minimum atomic E-state index is 0.0359. The number of H-pyrrole nitrogens is 1. The van der Waals surface area contributed by atoms with E-state index in [9.17, 15) is 4.79 Å². The molecule has 1 fully saturated rings. The number of aromatic nitrogens is 1. The molecule has 1 aliphatic rings. The minimum Gasteiger partial charge on any atom is -0.315 e. The van der Waals surface area contributed by atoms with Crippen molar-refractivity contribution in [3.8, 4) is 0 Å². The monoisotopic (exact) mass is 255 g/mol. The summed E-state index contributed by atoms with van der Waals surface area (Å²) in [6, 6.07) is 0.734. The maximum atomic E-state index is 10.9. The molecular weight excluding hydrogens is 234 g/mol. The zero-order valence-corrected chi connectivity index (χ0v) is 11.2. The maximum Gasteiger partial charge on any atom is 0.304 e. The summed E-state index contributed by atoms with van der Waals surface area (Å²) in [7, 11) is 2.22. The number of nitrogens with zero attached hydrogens (tertiary/aromatic N) is 1. The van der Waals surface area contributed by atoms with Crippen LogP contribution in [0.1, 0.15) is 31.4 Å². The van der Waals surface area contributed by atoms with Crippen molar-refractivity contribution >= 4 is 11.3 Å². The summed E-state index contributed by atoms with van der Waals surface area (Å²) in [5.74, 6) is 0. The lowest BCUT2D eigenvalue weighted by molar-refractivity contribution is 0.175. The smallest absolute Gasteiger partial charge is 0.304 e. The first-order chi connectivity index (χ1) is 8.25. The van der Waals surface area contributed by atoms with Crippen LogP contribution in [0.4, 0.5) is 0 Å². The van der Waals surface area contributed by atoms with E-state index >= 15 is 0 Å². The third-order valence-corrected chi connectivity index (χ3v) is 4.18. The Bertz CT molecular complexity index is 387.